The molecule has 3 nitrogen and oxygen atoms in total. The van der Waals surface area contributed by atoms with Gasteiger partial charge < -0.3 is 10.1 Å². The first-order valence-corrected chi connectivity index (χ1v) is 5.24. The van der Waals surface area contributed by atoms with Gasteiger partial charge in [-0.05, 0) is 43.4 Å². The van der Waals surface area contributed by atoms with Crippen molar-refractivity contribution < 1.29 is 9.53 Å². The molecule has 0 spiro atoms. The Labute approximate surface area is 77.8 Å². The van der Waals surface area contributed by atoms with E-state index in [-0.39, 0.29) is 6.09 Å². The van der Waals surface area contributed by atoms with Crippen LogP contribution in [0.15, 0.2) is 0 Å². The van der Waals surface area contributed by atoms with Gasteiger partial charge in [0, 0.05) is 6.04 Å². The van der Waals surface area contributed by atoms with E-state index in [1.807, 2.05) is 6.92 Å². The second-order valence-electron chi connectivity index (χ2n) is 4.53. The maximum atomic E-state index is 11.2. The Morgan fingerprint density at radius 2 is 2.15 bits per heavy atom. The minimum absolute atomic E-state index is 0.217. The number of hydrogen-bond acceptors (Lipinski definition) is 2. The van der Waals surface area contributed by atoms with E-state index in [2.05, 4.69) is 5.32 Å². The van der Waals surface area contributed by atoms with Crippen molar-refractivity contribution in [1.82, 2.24) is 5.32 Å². The van der Waals surface area contributed by atoms with Crippen molar-refractivity contribution in [1.29, 1.82) is 0 Å². The van der Waals surface area contributed by atoms with Crippen molar-refractivity contribution in [2.24, 2.45) is 23.7 Å². The summed E-state index contributed by atoms with van der Waals surface area (Å²) >= 11 is 0. The molecule has 0 heterocycles. The molecule has 4 bridgehead atoms. The largest absolute Gasteiger partial charge is 0.450 e. The van der Waals surface area contributed by atoms with E-state index < -0.39 is 0 Å². The summed E-state index contributed by atoms with van der Waals surface area (Å²) in [6.07, 6.45) is 2.49. The third-order valence-corrected chi connectivity index (χ3v) is 4.03. The summed E-state index contributed by atoms with van der Waals surface area (Å²) in [5.41, 5.74) is 0. The fraction of sp³-hybridized carbons (Fsp3) is 0.900. The molecule has 0 radical (unpaired) electrons. The highest BCUT2D eigenvalue weighted by Gasteiger charge is 2.68. The van der Waals surface area contributed by atoms with Gasteiger partial charge in [-0.1, -0.05) is 0 Å². The quantitative estimate of drug-likeness (QED) is 0.699. The summed E-state index contributed by atoms with van der Waals surface area (Å²) in [4.78, 5) is 11.2. The Morgan fingerprint density at radius 3 is 2.62 bits per heavy atom. The lowest BCUT2D eigenvalue weighted by Gasteiger charge is -2.15. The van der Waals surface area contributed by atoms with Crippen LogP contribution in [0.3, 0.4) is 0 Å². The fourth-order valence-corrected chi connectivity index (χ4v) is 3.60. The zero-order chi connectivity index (χ0) is 9.00. The second-order valence-corrected chi connectivity index (χ2v) is 4.53. The van der Waals surface area contributed by atoms with Crippen molar-refractivity contribution in [2.45, 2.75) is 25.8 Å². The summed E-state index contributed by atoms with van der Waals surface area (Å²) in [7, 11) is 0. The molecule has 3 heteroatoms. The van der Waals surface area contributed by atoms with Gasteiger partial charge in [-0.3, -0.25) is 0 Å². The third kappa shape index (κ3) is 0.930. The Balaban J connectivity index is 1.60. The van der Waals surface area contributed by atoms with Gasteiger partial charge in [0.2, 0.25) is 0 Å². The van der Waals surface area contributed by atoms with Crippen LogP contribution >= 0.6 is 0 Å². The first-order valence-electron chi connectivity index (χ1n) is 5.24. The average Bonchev–Trinajstić information content (AvgIpc) is 2.52. The molecular weight excluding hydrogens is 166 g/mol. The molecule has 0 aromatic rings. The van der Waals surface area contributed by atoms with Crippen LogP contribution in [0.1, 0.15) is 19.8 Å². The summed E-state index contributed by atoms with van der Waals surface area (Å²) < 4.78 is 4.89. The van der Waals surface area contributed by atoms with Gasteiger partial charge in [-0.15, -0.1) is 0 Å². The Hall–Kier alpha value is -0.730. The van der Waals surface area contributed by atoms with Gasteiger partial charge >= 0.3 is 6.09 Å². The number of carbonyl (C=O) groups is 1. The average molecular weight is 181 g/mol. The van der Waals surface area contributed by atoms with Gasteiger partial charge in [-0.25, -0.2) is 4.79 Å². The van der Waals surface area contributed by atoms with E-state index in [1.54, 1.807) is 0 Å². The molecule has 1 N–H and O–H groups in total. The molecule has 2 unspecified atom stereocenters. The zero-order valence-electron chi connectivity index (χ0n) is 7.82. The maximum absolute atomic E-state index is 11.2. The predicted octanol–water partition coefficient (Wildman–Crippen LogP) is 1.39. The molecule has 4 aliphatic rings. The van der Waals surface area contributed by atoms with E-state index in [0.717, 1.165) is 23.7 Å². The molecule has 0 aromatic heterocycles. The van der Waals surface area contributed by atoms with Crippen molar-refractivity contribution in [3.8, 4) is 0 Å². The van der Waals surface area contributed by atoms with E-state index in [9.17, 15) is 4.79 Å². The van der Waals surface area contributed by atoms with Crippen LogP contribution in [-0.2, 0) is 4.74 Å². The van der Waals surface area contributed by atoms with Crippen molar-refractivity contribution in [3.63, 3.8) is 0 Å². The van der Waals surface area contributed by atoms with Crippen molar-refractivity contribution in [3.05, 3.63) is 0 Å². The Kier molecular flexibility index (Phi) is 1.41. The third-order valence-electron chi connectivity index (χ3n) is 4.03. The molecule has 0 aliphatic heterocycles. The topological polar surface area (TPSA) is 38.3 Å². The lowest BCUT2D eigenvalue weighted by molar-refractivity contribution is 0.145. The monoisotopic (exact) mass is 181 g/mol. The summed E-state index contributed by atoms with van der Waals surface area (Å²) in [5, 5.41) is 3.00. The van der Waals surface area contributed by atoms with Crippen molar-refractivity contribution in [2.75, 3.05) is 6.61 Å². The maximum Gasteiger partial charge on any atom is 0.407 e. The molecular formula is C10H15NO2. The first-order chi connectivity index (χ1) is 6.31. The van der Waals surface area contributed by atoms with Crippen LogP contribution in [0.2, 0.25) is 0 Å². The molecule has 4 aliphatic carbocycles. The van der Waals surface area contributed by atoms with E-state index in [1.165, 1.54) is 12.8 Å². The molecule has 0 saturated heterocycles. The number of ether oxygens (including phenoxy) is 1. The molecule has 5 atom stereocenters. The lowest BCUT2D eigenvalue weighted by Crippen LogP contribution is -2.37. The molecule has 1 amide bonds. The number of carbonyl (C=O) groups excluding carboxylic acids is 1. The second kappa shape index (κ2) is 2.40. The Bertz CT molecular complexity index is 239. The highest BCUT2D eigenvalue weighted by atomic mass is 16.5. The van der Waals surface area contributed by atoms with Crippen LogP contribution in [-0.4, -0.2) is 18.7 Å². The number of amides is 1. The first kappa shape index (κ1) is 7.65. The van der Waals surface area contributed by atoms with E-state index in [4.69, 9.17) is 4.74 Å². The Morgan fingerprint density at radius 1 is 1.46 bits per heavy atom. The van der Waals surface area contributed by atoms with Gasteiger partial charge in [0.25, 0.3) is 0 Å². The zero-order valence-corrected chi connectivity index (χ0v) is 7.82. The highest BCUT2D eigenvalue weighted by molar-refractivity contribution is 5.68. The molecule has 4 rings (SSSR count). The van der Waals surface area contributed by atoms with Gasteiger partial charge in [0.15, 0.2) is 0 Å². The summed E-state index contributed by atoms with van der Waals surface area (Å²) in [5.74, 6) is 3.49. The van der Waals surface area contributed by atoms with Crippen molar-refractivity contribution >= 4 is 6.09 Å². The normalized spacial score (nSPS) is 49.2. The molecule has 4 saturated carbocycles. The van der Waals surface area contributed by atoms with Crippen LogP contribution < -0.4 is 5.32 Å². The number of nitrogens with one attached hydrogen (secondary N) is 1. The molecule has 0 aromatic carbocycles. The minimum Gasteiger partial charge on any atom is -0.450 e. The number of rotatable bonds is 2. The standard InChI is InChI=1S/C10H15NO2/c1-2-13-10(12)11-9-5-3-6-7(4-5)8(6)9/h5-9H,2-4H2,1H3,(H,11,12)/t5?,6-,7+,8?,9-/m0/s1. The minimum atomic E-state index is -0.217. The van der Waals surface area contributed by atoms with Crippen LogP contribution in [0, 0.1) is 23.7 Å². The molecule has 72 valence electrons. The lowest BCUT2D eigenvalue weighted by atomic mass is 10.1. The SMILES string of the molecule is CCOC(=O)N[C@H]1C2C[C@@H]3C1[C@@H]3C2. The van der Waals surface area contributed by atoms with Crippen LogP contribution in [0.25, 0.3) is 0 Å². The van der Waals surface area contributed by atoms with E-state index >= 15 is 0 Å². The van der Waals surface area contributed by atoms with Crippen LogP contribution in [0.5, 0.6) is 0 Å². The fourth-order valence-electron chi connectivity index (χ4n) is 3.60. The molecule has 13 heavy (non-hydrogen) atoms. The van der Waals surface area contributed by atoms with Gasteiger partial charge in [-0.2, -0.15) is 0 Å². The number of hydrogen-bond donors (Lipinski definition) is 1. The predicted molar refractivity (Wildman–Crippen MR) is 47.1 cm³/mol. The van der Waals surface area contributed by atoms with E-state index in [0.29, 0.717) is 12.6 Å². The van der Waals surface area contributed by atoms with Gasteiger partial charge in [0.1, 0.15) is 0 Å². The summed E-state index contributed by atoms with van der Waals surface area (Å²) in [6, 6.07) is 0.453. The van der Waals surface area contributed by atoms with Crippen LogP contribution in [0.4, 0.5) is 4.79 Å². The summed E-state index contributed by atoms with van der Waals surface area (Å²) in [6.45, 7) is 2.31. The number of alkyl carbamates (subject to hydrolysis) is 1. The smallest absolute Gasteiger partial charge is 0.407 e. The highest BCUT2D eigenvalue weighted by Crippen LogP contribution is 2.70. The van der Waals surface area contributed by atoms with Gasteiger partial charge in [0.05, 0.1) is 6.61 Å². The molecule has 4 fully saturated rings.